The van der Waals surface area contributed by atoms with Crippen molar-refractivity contribution in [3.05, 3.63) is 87.9 Å². The maximum atomic E-state index is 13.2. The Morgan fingerprint density at radius 1 is 0.967 bits per heavy atom. The first-order chi connectivity index (χ1) is 14.2. The number of aryl methyl sites for hydroxylation is 2. The van der Waals surface area contributed by atoms with Gasteiger partial charge in [0.2, 0.25) is 0 Å². The number of sulfonamides is 1. The minimum absolute atomic E-state index is 0.0742. The summed E-state index contributed by atoms with van der Waals surface area (Å²) in [5, 5.41) is 2.91. The molecule has 0 saturated carbocycles. The van der Waals surface area contributed by atoms with Crippen molar-refractivity contribution in [1.82, 2.24) is 0 Å². The highest BCUT2D eigenvalue weighted by molar-refractivity contribution is 9.10. The molecule has 0 spiro atoms. The number of hydrogen-bond donors (Lipinski definition) is 1. The van der Waals surface area contributed by atoms with Crippen LogP contribution in [0.5, 0.6) is 0 Å². The minimum Gasteiger partial charge on any atom is -0.322 e. The molecule has 3 aromatic carbocycles. The van der Waals surface area contributed by atoms with Crippen LogP contribution in [0.1, 0.15) is 28.4 Å². The average Bonchev–Trinajstić information content (AvgIpc) is 2.71. The maximum absolute atomic E-state index is 13.2. The summed E-state index contributed by atoms with van der Waals surface area (Å²) in [6, 6.07) is 18.9. The van der Waals surface area contributed by atoms with Crippen molar-refractivity contribution in [1.29, 1.82) is 0 Å². The molecule has 0 heterocycles. The van der Waals surface area contributed by atoms with Crippen LogP contribution in [0.25, 0.3) is 0 Å². The smallest absolute Gasteiger partial charge is 0.264 e. The Hall–Kier alpha value is -2.64. The molecular weight excluding hydrogens is 464 g/mol. The number of benzene rings is 3. The number of anilines is 2. The second kappa shape index (κ2) is 9.02. The number of hydrogen-bond acceptors (Lipinski definition) is 3. The topological polar surface area (TPSA) is 66.5 Å². The monoisotopic (exact) mass is 486 g/mol. The molecule has 0 unspecified atom stereocenters. The molecule has 0 fully saturated rings. The third-order valence-electron chi connectivity index (χ3n) is 4.75. The van der Waals surface area contributed by atoms with E-state index < -0.39 is 10.0 Å². The van der Waals surface area contributed by atoms with Gasteiger partial charge in [-0.3, -0.25) is 9.10 Å². The quantitative estimate of drug-likeness (QED) is 0.497. The van der Waals surface area contributed by atoms with Crippen LogP contribution in [-0.2, 0) is 10.0 Å². The van der Waals surface area contributed by atoms with Crippen molar-refractivity contribution in [2.45, 2.75) is 25.7 Å². The standard InChI is InChI=1S/C23H23BrN2O3S/c1-4-26(20-10-6-5-7-11-20)30(28,29)21-12-8-9-18(15-21)23(27)25-22-16(2)13-19(24)14-17(22)3/h5-15H,4H2,1-3H3,(H,25,27). The fraction of sp³-hybridized carbons (Fsp3) is 0.174. The van der Waals surface area contributed by atoms with Crippen LogP contribution < -0.4 is 9.62 Å². The van der Waals surface area contributed by atoms with E-state index in [2.05, 4.69) is 21.2 Å². The van der Waals surface area contributed by atoms with E-state index in [0.29, 0.717) is 5.69 Å². The van der Waals surface area contributed by atoms with Gasteiger partial charge in [-0.15, -0.1) is 0 Å². The van der Waals surface area contributed by atoms with Gasteiger partial charge in [-0.1, -0.05) is 40.2 Å². The fourth-order valence-corrected chi connectivity index (χ4v) is 5.51. The Bertz CT molecular complexity index is 1160. The number of rotatable bonds is 6. The second-order valence-corrected chi connectivity index (χ2v) is 9.68. The van der Waals surface area contributed by atoms with Crippen molar-refractivity contribution >= 4 is 43.2 Å². The molecule has 0 atom stereocenters. The predicted molar refractivity (Wildman–Crippen MR) is 125 cm³/mol. The number of amides is 1. The number of halogens is 1. The molecule has 0 aliphatic heterocycles. The van der Waals surface area contributed by atoms with Gasteiger partial charge in [0.15, 0.2) is 0 Å². The van der Waals surface area contributed by atoms with E-state index >= 15 is 0 Å². The van der Waals surface area contributed by atoms with Gasteiger partial charge in [-0.05, 0) is 74.4 Å². The third-order valence-corrected chi connectivity index (χ3v) is 7.11. The fourth-order valence-electron chi connectivity index (χ4n) is 3.30. The van der Waals surface area contributed by atoms with Gasteiger partial charge in [0.1, 0.15) is 0 Å². The number of carbonyl (C=O) groups excluding carboxylic acids is 1. The summed E-state index contributed by atoms with van der Waals surface area (Å²) < 4.78 is 28.7. The zero-order chi connectivity index (χ0) is 21.9. The van der Waals surface area contributed by atoms with Crippen LogP contribution >= 0.6 is 15.9 Å². The lowest BCUT2D eigenvalue weighted by Gasteiger charge is -2.23. The largest absolute Gasteiger partial charge is 0.322 e. The highest BCUT2D eigenvalue weighted by atomic mass is 79.9. The SMILES string of the molecule is CCN(c1ccccc1)S(=O)(=O)c1cccc(C(=O)Nc2c(C)cc(Br)cc2C)c1. The predicted octanol–water partition coefficient (Wildman–Crippen LogP) is 5.53. The summed E-state index contributed by atoms with van der Waals surface area (Å²) in [5.41, 5.74) is 3.41. The van der Waals surface area contributed by atoms with E-state index in [4.69, 9.17) is 0 Å². The summed E-state index contributed by atoms with van der Waals surface area (Å²) >= 11 is 3.45. The molecule has 1 amide bonds. The van der Waals surface area contributed by atoms with Crippen LogP contribution in [0, 0.1) is 13.8 Å². The summed E-state index contributed by atoms with van der Waals surface area (Å²) in [6.45, 7) is 5.88. The maximum Gasteiger partial charge on any atom is 0.264 e. The lowest BCUT2D eigenvalue weighted by molar-refractivity contribution is 0.102. The molecular formula is C23H23BrN2O3S. The Kier molecular flexibility index (Phi) is 6.63. The third kappa shape index (κ3) is 4.57. The molecule has 30 heavy (non-hydrogen) atoms. The lowest BCUT2D eigenvalue weighted by atomic mass is 10.1. The van der Waals surface area contributed by atoms with Crippen LogP contribution in [0.4, 0.5) is 11.4 Å². The zero-order valence-electron chi connectivity index (χ0n) is 17.0. The highest BCUT2D eigenvalue weighted by Crippen LogP contribution is 2.27. The number of nitrogens with one attached hydrogen (secondary N) is 1. The summed E-state index contributed by atoms with van der Waals surface area (Å²) in [4.78, 5) is 12.9. The molecule has 0 saturated heterocycles. The minimum atomic E-state index is -3.81. The van der Waals surface area contributed by atoms with Gasteiger partial charge in [0, 0.05) is 22.3 Å². The molecule has 0 bridgehead atoms. The van der Waals surface area contributed by atoms with Gasteiger partial charge in [0.25, 0.3) is 15.9 Å². The first kappa shape index (κ1) is 22.1. The van der Waals surface area contributed by atoms with Crippen LogP contribution in [-0.4, -0.2) is 20.9 Å². The Morgan fingerprint density at radius 2 is 1.60 bits per heavy atom. The van der Waals surface area contributed by atoms with E-state index in [1.54, 1.807) is 43.3 Å². The zero-order valence-corrected chi connectivity index (χ0v) is 19.4. The number of para-hydroxylation sites is 1. The van der Waals surface area contributed by atoms with Crippen LogP contribution in [0.3, 0.4) is 0 Å². The molecule has 5 nitrogen and oxygen atoms in total. The van der Waals surface area contributed by atoms with Gasteiger partial charge >= 0.3 is 0 Å². The van der Waals surface area contributed by atoms with Gasteiger partial charge in [0.05, 0.1) is 10.6 Å². The highest BCUT2D eigenvalue weighted by Gasteiger charge is 2.24. The normalized spacial score (nSPS) is 11.2. The molecule has 0 radical (unpaired) electrons. The number of carbonyl (C=O) groups is 1. The van der Waals surface area contributed by atoms with Crippen molar-refractivity contribution in [2.24, 2.45) is 0 Å². The lowest BCUT2D eigenvalue weighted by Crippen LogP contribution is -2.31. The van der Waals surface area contributed by atoms with Crippen molar-refractivity contribution < 1.29 is 13.2 Å². The summed E-state index contributed by atoms with van der Waals surface area (Å²) in [6.07, 6.45) is 0. The van der Waals surface area contributed by atoms with Crippen molar-refractivity contribution in [2.75, 3.05) is 16.2 Å². The van der Waals surface area contributed by atoms with E-state index in [1.807, 2.05) is 32.0 Å². The van der Waals surface area contributed by atoms with Crippen LogP contribution in [0.2, 0.25) is 0 Å². The van der Waals surface area contributed by atoms with E-state index in [9.17, 15) is 13.2 Å². The Balaban J connectivity index is 1.93. The summed E-state index contributed by atoms with van der Waals surface area (Å²) in [5.74, 6) is -0.358. The van der Waals surface area contributed by atoms with Crippen molar-refractivity contribution in [3.8, 4) is 0 Å². The van der Waals surface area contributed by atoms with Gasteiger partial charge in [-0.25, -0.2) is 8.42 Å². The molecule has 3 aromatic rings. The Labute approximate surface area is 185 Å². The van der Waals surface area contributed by atoms with E-state index in [0.717, 1.165) is 21.3 Å². The van der Waals surface area contributed by atoms with Gasteiger partial charge in [-0.2, -0.15) is 0 Å². The second-order valence-electron chi connectivity index (χ2n) is 6.90. The molecule has 7 heteroatoms. The molecule has 0 aliphatic carbocycles. The van der Waals surface area contributed by atoms with E-state index in [-0.39, 0.29) is 22.9 Å². The van der Waals surface area contributed by atoms with Crippen molar-refractivity contribution in [3.63, 3.8) is 0 Å². The Morgan fingerprint density at radius 3 is 2.20 bits per heavy atom. The summed E-state index contributed by atoms with van der Waals surface area (Å²) in [7, 11) is -3.81. The average molecular weight is 487 g/mol. The van der Waals surface area contributed by atoms with E-state index in [1.165, 1.54) is 16.4 Å². The first-order valence-corrected chi connectivity index (χ1v) is 11.7. The molecule has 1 N–H and O–H groups in total. The molecule has 3 rings (SSSR count). The molecule has 0 aliphatic rings. The molecule has 156 valence electrons. The van der Waals surface area contributed by atoms with Crippen LogP contribution in [0.15, 0.2) is 76.1 Å². The molecule has 0 aromatic heterocycles. The first-order valence-electron chi connectivity index (χ1n) is 9.50. The van der Waals surface area contributed by atoms with Gasteiger partial charge < -0.3 is 5.32 Å². The number of nitrogens with zero attached hydrogens (tertiary/aromatic N) is 1.